The number of carboxylic acid groups (broad SMARTS) is 1. The van der Waals surface area contributed by atoms with Crippen LogP contribution >= 0.6 is 23.2 Å². The van der Waals surface area contributed by atoms with Crippen molar-refractivity contribution < 1.29 is 14.6 Å². The molecule has 0 amide bonds. The van der Waals surface area contributed by atoms with E-state index in [9.17, 15) is 9.90 Å². The maximum Gasteiger partial charge on any atom is 0.337 e. The molecule has 0 radical (unpaired) electrons. The summed E-state index contributed by atoms with van der Waals surface area (Å²) in [6.07, 6.45) is 3.20. The summed E-state index contributed by atoms with van der Waals surface area (Å²) in [7, 11) is 0. The first-order valence-corrected chi connectivity index (χ1v) is 11.8. The number of rotatable bonds is 9. The molecule has 4 rings (SSSR count). The second-order valence-electron chi connectivity index (χ2n) is 8.13. The molecule has 0 unspecified atom stereocenters. The number of ether oxygens (including phenoxy) is 1. The average Bonchev–Trinajstić information content (AvgIpc) is 3.22. The van der Waals surface area contributed by atoms with Gasteiger partial charge in [0, 0.05) is 30.5 Å². The summed E-state index contributed by atoms with van der Waals surface area (Å²) in [5, 5.41) is 14.0. The summed E-state index contributed by atoms with van der Waals surface area (Å²) < 4.78 is 5.82. The smallest absolute Gasteiger partial charge is 0.337 e. The molecule has 3 aromatic rings. The van der Waals surface area contributed by atoms with Crippen LogP contribution in [0.5, 0.6) is 5.75 Å². The van der Waals surface area contributed by atoms with E-state index in [1.165, 1.54) is 11.1 Å². The standard InChI is InChI=1S/C26H26Cl2N2O3/c1-2-3-4-11-33-21-8-9-22(26(31)32)25(14-21)29-19-6-5-17-15-30(16-18(17)12-19)20-7-10-23(27)24(28)13-20/h5-10,12-14,29H,2-4,11,15-16H2,1H3,(H,31,32). The number of nitrogens with one attached hydrogen (secondary N) is 1. The number of benzene rings is 3. The zero-order valence-electron chi connectivity index (χ0n) is 18.4. The summed E-state index contributed by atoms with van der Waals surface area (Å²) in [6, 6.07) is 16.8. The van der Waals surface area contributed by atoms with E-state index >= 15 is 0 Å². The molecule has 0 aliphatic carbocycles. The molecule has 0 fully saturated rings. The molecule has 7 heteroatoms. The predicted octanol–water partition coefficient (Wildman–Crippen LogP) is 7.52. The third kappa shape index (κ3) is 5.55. The Labute approximate surface area is 203 Å². The average molecular weight is 485 g/mol. The first-order chi connectivity index (χ1) is 15.9. The number of unbranched alkanes of at least 4 members (excludes halogenated alkanes) is 2. The third-order valence-electron chi connectivity index (χ3n) is 5.71. The molecule has 33 heavy (non-hydrogen) atoms. The van der Waals surface area contributed by atoms with Gasteiger partial charge in [0.05, 0.1) is 27.9 Å². The summed E-state index contributed by atoms with van der Waals surface area (Å²) in [4.78, 5) is 14.0. The van der Waals surface area contributed by atoms with Crippen LogP contribution in [0.3, 0.4) is 0 Å². The van der Waals surface area contributed by atoms with Gasteiger partial charge in [-0.2, -0.15) is 0 Å². The SMILES string of the molecule is CCCCCOc1ccc(C(=O)O)c(Nc2ccc3c(c2)CN(c2ccc(Cl)c(Cl)c2)C3)c1. The largest absolute Gasteiger partial charge is 0.494 e. The highest BCUT2D eigenvalue weighted by molar-refractivity contribution is 6.42. The Morgan fingerprint density at radius 1 is 1.00 bits per heavy atom. The third-order valence-corrected chi connectivity index (χ3v) is 6.45. The van der Waals surface area contributed by atoms with E-state index in [1.54, 1.807) is 24.3 Å². The maximum atomic E-state index is 11.8. The van der Waals surface area contributed by atoms with Crippen molar-refractivity contribution in [2.24, 2.45) is 0 Å². The fourth-order valence-electron chi connectivity index (χ4n) is 3.94. The Kier molecular flexibility index (Phi) is 7.31. The number of nitrogens with zero attached hydrogens (tertiary/aromatic N) is 1. The predicted molar refractivity (Wildman–Crippen MR) is 134 cm³/mol. The number of fused-ring (bicyclic) bond motifs is 1. The van der Waals surface area contributed by atoms with Crippen LogP contribution in [-0.4, -0.2) is 17.7 Å². The van der Waals surface area contributed by atoms with Crippen LogP contribution in [0, 0.1) is 0 Å². The van der Waals surface area contributed by atoms with Crippen molar-refractivity contribution >= 4 is 46.2 Å². The zero-order valence-corrected chi connectivity index (χ0v) is 19.9. The van der Waals surface area contributed by atoms with E-state index in [1.807, 2.05) is 18.2 Å². The first kappa shape index (κ1) is 23.3. The fourth-order valence-corrected chi connectivity index (χ4v) is 4.23. The highest BCUT2D eigenvalue weighted by Gasteiger charge is 2.21. The lowest BCUT2D eigenvalue weighted by molar-refractivity contribution is 0.0698. The van der Waals surface area contributed by atoms with Crippen LogP contribution in [0.15, 0.2) is 54.6 Å². The second-order valence-corrected chi connectivity index (χ2v) is 8.95. The van der Waals surface area contributed by atoms with Gasteiger partial charge in [0.1, 0.15) is 5.75 Å². The van der Waals surface area contributed by atoms with Gasteiger partial charge in [-0.3, -0.25) is 0 Å². The van der Waals surface area contributed by atoms with E-state index in [2.05, 4.69) is 29.3 Å². The number of carboxylic acids is 1. The molecule has 3 aromatic carbocycles. The van der Waals surface area contributed by atoms with E-state index in [0.717, 1.165) is 43.7 Å². The van der Waals surface area contributed by atoms with Crippen LogP contribution in [0.25, 0.3) is 0 Å². The zero-order chi connectivity index (χ0) is 23.4. The van der Waals surface area contributed by atoms with E-state index in [-0.39, 0.29) is 5.56 Å². The Morgan fingerprint density at radius 2 is 1.82 bits per heavy atom. The lowest BCUT2D eigenvalue weighted by Crippen LogP contribution is -2.14. The van der Waals surface area contributed by atoms with Crippen LogP contribution in [0.1, 0.15) is 47.7 Å². The molecule has 5 nitrogen and oxygen atoms in total. The minimum atomic E-state index is -0.984. The van der Waals surface area contributed by atoms with Crippen molar-refractivity contribution in [1.82, 2.24) is 0 Å². The molecule has 0 spiro atoms. The van der Waals surface area contributed by atoms with Gasteiger partial charge in [-0.05, 0) is 60.0 Å². The first-order valence-electron chi connectivity index (χ1n) is 11.0. The van der Waals surface area contributed by atoms with Crippen LogP contribution in [0.2, 0.25) is 10.0 Å². The van der Waals surface area contributed by atoms with Gasteiger partial charge >= 0.3 is 5.97 Å². The summed E-state index contributed by atoms with van der Waals surface area (Å²) in [5.41, 5.74) is 4.95. The Bertz CT molecular complexity index is 1170. The second kappa shape index (κ2) is 10.4. The minimum absolute atomic E-state index is 0.203. The van der Waals surface area contributed by atoms with E-state index in [0.29, 0.717) is 28.1 Å². The topological polar surface area (TPSA) is 61.8 Å². The number of anilines is 3. The molecule has 0 saturated carbocycles. The highest BCUT2D eigenvalue weighted by Crippen LogP contribution is 2.34. The normalized spacial score (nSPS) is 12.5. The lowest BCUT2D eigenvalue weighted by Gasteiger charge is -2.18. The number of hydrogen-bond donors (Lipinski definition) is 2. The number of carbonyl (C=O) groups is 1. The van der Waals surface area contributed by atoms with Crippen LogP contribution in [0.4, 0.5) is 17.1 Å². The molecule has 172 valence electrons. The van der Waals surface area contributed by atoms with Crippen molar-refractivity contribution in [3.63, 3.8) is 0 Å². The molecule has 0 bridgehead atoms. The van der Waals surface area contributed by atoms with Gasteiger partial charge in [0.2, 0.25) is 0 Å². The molecule has 1 aliphatic heterocycles. The Morgan fingerprint density at radius 3 is 2.58 bits per heavy atom. The minimum Gasteiger partial charge on any atom is -0.494 e. The number of hydrogen-bond acceptors (Lipinski definition) is 4. The van der Waals surface area contributed by atoms with Crippen LogP contribution < -0.4 is 15.0 Å². The molecule has 1 heterocycles. The fraction of sp³-hybridized carbons (Fsp3) is 0.269. The van der Waals surface area contributed by atoms with Gasteiger partial charge in [-0.15, -0.1) is 0 Å². The Hall–Kier alpha value is -2.89. The van der Waals surface area contributed by atoms with Crippen molar-refractivity contribution in [3.8, 4) is 5.75 Å². The van der Waals surface area contributed by atoms with Gasteiger partial charge in [0.25, 0.3) is 0 Å². The van der Waals surface area contributed by atoms with Crippen molar-refractivity contribution in [2.45, 2.75) is 39.3 Å². The van der Waals surface area contributed by atoms with Crippen molar-refractivity contribution in [2.75, 3.05) is 16.8 Å². The lowest BCUT2D eigenvalue weighted by atomic mass is 10.1. The van der Waals surface area contributed by atoms with E-state index < -0.39 is 5.97 Å². The van der Waals surface area contributed by atoms with Gasteiger partial charge in [-0.1, -0.05) is 49.0 Å². The van der Waals surface area contributed by atoms with Crippen molar-refractivity contribution in [3.05, 3.63) is 81.3 Å². The maximum absolute atomic E-state index is 11.8. The summed E-state index contributed by atoms with van der Waals surface area (Å²) >= 11 is 12.2. The molecule has 0 saturated heterocycles. The molecule has 2 N–H and O–H groups in total. The summed E-state index contributed by atoms with van der Waals surface area (Å²) in [5.74, 6) is -0.326. The summed E-state index contributed by atoms with van der Waals surface area (Å²) in [6.45, 7) is 4.26. The van der Waals surface area contributed by atoms with Crippen LogP contribution in [-0.2, 0) is 13.1 Å². The van der Waals surface area contributed by atoms with Crippen molar-refractivity contribution in [1.29, 1.82) is 0 Å². The molecule has 0 atom stereocenters. The van der Waals surface area contributed by atoms with Gasteiger partial charge in [0.15, 0.2) is 0 Å². The van der Waals surface area contributed by atoms with Gasteiger partial charge < -0.3 is 20.1 Å². The molecule has 1 aliphatic rings. The molecular formula is C26H26Cl2N2O3. The molecular weight excluding hydrogens is 459 g/mol. The molecule has 0 aromatic heterocycles. The highest BCUT2D eigenvalue weighted by atomic mass is 35.5. The quantitative estimate of drug-likeness (QED) is 0.307. The number of aromatic carboxylic acids is 1. The number of halogens is 2. The van der Waals surface area contributed by atoms with E-state index in [4.69, 9.17) is 27.9 Å². The van der Waals surface area contributed by atoms with Gasteiger partial charge in [-0.25, -0.2) is 4.79 Å². The monoisotopic (exact) mass is 484 g/mol. The Balaban J connectivity index is 1.51.